The third kappa shape index (κ3) is 4.98. The van der Waals surface area contributed by atoms with Crippen LogP contribution in [0.15, 0.2) is 47.5 Å². The van der Waals surface area contributed by atoms with Gasteiger partial charge in [-0.1, -0.05) is 6.07 Å². The number of piperidine rings is 1. The number of alkyl halides is 2. The van der Waals surface area contributed by atoms with Crippen LogP contribution in [0.1, 0.15) is 55.4 Å². The van der Waals surface area contributed by atoms with Gasteiger partial charge in [0.1, 0.15) is 5.25 Å². The van der Waals surface area contributed by atoms with E-state index in [2.05, 4.69) is 15.1 Å². The van der Waals surface area contributed by atoms with E-state index in [1.807, 2.05) is 0 Å². The largest absolute Gasteiger partial charge is 0.395 e. The number of hydrogen-bond acceptors (Lipinski definition) is 7. The molecule has 6 rings (SSSR count). The van der Waals surface area contributed by atoms with E-state index in [4.69, 9.17) is 5.14 Å². The molecule has 1 spiro atoms. The summed E-state index contributed by atoms with van der Waals surface area (Å²) in [5, 5.41) is 22.8. The highest BCUT2D eigenvalue weighted by Gasteiger charge is 2.47. The van der Waals surface area contributed by atoms with Crippen molar-refractivity contribution in [2.24, 2.45) is 10.6 Å². The average Bonchev–Trinajstić information content (AvgIpc) is 3.43. The molecule has 3 heterocycles. The average molecular weight is 561 g/mol. The van der Waals surface area contributed by atoms with E-state index in [0.717, 1.165) is 36.3 Å². The Morgan fingerprint density at radius 1 is 1.08 bits per heavy atom. The molecular formula is C26H30F2N6O4S. The number of nitrogens with zero attached hydrogens (tertiary/aromatic N) is 5. The van der Waals surface area contributed by atoms with E-state index in [-0.39, 0.29) is 0 Å². The third-order valence-corrected chi connectivity index (χ3v) is 9.63. The van der Waals surface area contributed by atoms with Crippen molar-refractivity contribution in [3.05, 3.63) is 58.6 Å². The second-order valence-electron chi connectivity index (χ2n) is 11.1. The van der Waals surface area contributed by atoms with E-state index >= 15 is 0 Å². The second-order valence-corrected chi connectivity index (χ2v) is 12.8. The number of sulfonamides is 1. The summed E-state index contributed by atoms with van der Waals surface area (Å²) >= 11 is 0. The Morgan fingerprint density at radius 2 is 1.79 bits per heavy atom. The van der Waals surface area contributed by atoms with Crippen LogP contribution in [0, 0.1) is 5.41 Å². The molecule has 2 saturated carbocycles. The lowest BCUT2D eigenvalue weighted by Gasteiger charge is -2.35. The summed E-state index contributed by atoms with van der Waals surface area (Å²) in [5.41, 5.74) is 2.89. The predicted octanol–water partition coefficient (Wildman–Crippen LogP) is 2.77. The minimum atomic E-state index is -4.03. The summed E-state index contributed by atoms with van der Waals surface area (Å²) in [6, 6.07) is 7.34. The van der Waals surface area contributed by atoms with E-state index < -0.39 is 52.2 Å². The first-order valence-electron chi connectivity index (χ1n) is 13.0. The molecule has 10 nitrogen and oxygen atoms in total. The molecular weight excluding hydrogens is 530 g/mol. The quantitative estimate of drug-likeness (QED) is 0.454. The summed E-state index contributed by atoms with van der Waals surface area (Å²) in [4.78, 5) is 14.5. The first-order valence-corrected chi connectivity index (χ1v) is 14.6. The van der Waals surface area contributed by atoms with Crippen LogP contribution < -0.4 is 15.6 Å². The lowest BCUT2D eigenvalue weighted by molar-refractivity contribution is -0.107. The second kappa shape index (κ2) is 9.20. The van der Waals surface area contributed by atoms with Gasteiger partial charge in [-0.3, -0.25) is 4.79 Å². The zero-order chi connectivity index (χ0) is 27.6. The van der Waals surface area contributed by atoms with Crippen LogP contribution in [0.5, 0.6) is 0 Å². The smallest absolute Gasteiger partial charge is 0.267 e. The van der Waals surface area contributed by atoms with Gasteiger partial charge in [-0.2, -0.15) is 10.2 Å². The summed E-state index contributed by atoms with van der Waals surface area (Å²) < 4.78 is 53.9. The standard InChI is InChI=1S/C26H30F2N6O4S/c27-26(28)12-19(13-26)34-24(36)4-2-20(31-34)18-14-30-33(15-18)21-3-1-17(23(16-35)39(29,37)38)11-22(21)32-9-7-25(5-6-25)8-10-32/h1-4,11,14-15,19,23,35H,5-10,12-13,16H2,(H2,29,37,38). The van der Waals surface area contributed by atoms with Gasteiger partial charge in [0, 0.05) is 43.8 Å². The van der Waals surface area contributed by atoms with Gasteiger partial charge < -0.3 is 10.0 Å². The number of benzene rings is 1. The van der Waals surface area contributed by atoms with Crippen molar-refractivity contribution in [1.82, 2.24) is 19.6 Å². The van der Waals surface area contributed by atoms with Crippen LogP contribution in [0.3, 0.4) is 0 Å². The SMILES string of the molecule is NS(=O)(=O)C(CO)c1ccc(-n2cc(-c3ccc(=O)n(C4CC(F)(F)C4)n3)cn2)c(N2CCC3(CC2)CC3)c1. The number of aliphatic hydroxyl groups excluding tert-OH is 1. The van der Waals surface area contributed by atoms with Gasteiger partial charge >= 0.3 is 0 Å². The van der Waals surface area contributed by atoms with E-state index in [0.29, 0.717) is 27.9 Å². The van der Waals surface area contributed by atoms with Crippen LogP contribution in [0.25, 0.3) is 16.9 Å². The molecule has 1 atom stereocenters. The highest BCUT2D eigenvalue weighted by atomic mass is 32.2. The monoisotopic (exact) mass is 560 g/mol. The number of hydrogen-bond donors (Lipinski definition) is 2. The molecule has 3 fully saturated rings. The van der Waals surface area contributed by atoms with Crippen LogP contribution in [-0.4, -0.2) is 58.7 Å². The first-order chi connectivity index (χ1) is 18.5. The zero-order valence-electron chi connectivity index (χ0n) is 21.2. The Morgan fingerprint density at radius 3 is 2.41 bits per heavy atom. The number of halogens is 2. The van der Waals surface area contributed by atoms with E-state index in [9.17, 15) is 27.1 Å². The highest BCUT2D eigenvalue weighted by molar-refractivity contribution is 7.89. The van der Waals surface area contributed by atoms with Crippen LogP contribution >= 0.6 is 0 Å². The molecule has 1 aliphatic heterocycles. The molecule has 0 radical (unpaired) electrons. The number of aliphatic hydroxyl groups is 1. The molecule has 1 unspecified atom stereocenters. The van der Waals surface area contributed by atoms with Crippen molar-refractivity contribution < 1.29 is 22.3 Å². The molecule has 2 aliphatic carbocycles. The minimum absolute atomic E-state index is 0.392. The van der Waals surface area contributed by atoms with Gasteiger partial charge in [0.25, 0.3) is 11.5 Å². The minimum Gasteiger partial charge on any atom is -0.395 e. The van der Waals surface area contributed by atoms with Gasteiger partial charge in [0.15, 0.2) is 0 Å². The zero-order valence-corrected chi connectivity index (χ0v) is 22.0. The lowest BCUT2D eigenvalue weighted by atomic mass is 9.88. The molecule has 13 heteroatoms. The van der Waals surface area contributed by atoms with Crippen LogP contribution in [0.2, 0.25) is 0 Å². The molecule has 3 aliphatic rings. The number of primary sulfonamides is 1. The first kappa shape index (κ1) is 26.1. The number of aromatic nitrogens is 4. The normalized spacial score (nSPS) is 21.1. The number of rotatable bonds is 7. The summed E-state index contributed by atoms with van der Waals surface area (Å²) in [5.74, 6) is -2.78. The number of anilines is 1. The van der Waals surface area contributed by atoms with Gasteiger partial charge in [-0.25, -0.2) is 31.7 Å². The van der Waals surface area contributed by atoms with Crippen molar-refractivity contribution in [2.45, 2.75) is 55.7 Å². The predicted molar refractivity (Wildman–Crippen MR) is 140 cm³/mol. The summed E-state index contributed by atoms with van der Waals surface area (Å²) in [7, 11) is -4.03. The molecule has 3 aromatic rings. The van der Waals surface area contributed by atoms with Crippen molar-refractivity contribution in [3.63, 3.8) is 0 Å². The fraction of sp³-hybridized carbons (Fsp3) is 0.500. The molecule has 3 N–H and O–H groups in total. The van der Waals surface area contributed by atoms with Gasteiger partial charge in [0.05, 0.1) is 35.9 Å². The molecule has 39 heavy (non-hydrogen) atoms. The number of nitrogens with two attached hydrogens (primary N) is 1. The van der Waals surface area contributed by atoms with Crippen molar-refractivity contribution in [1.29, 1.82) is 0 Å². The fourth-order valence-corrected chi connectivity index (χ4v) is 6.45. The highest BCUT2D eigenvalue weighted by Crippen LogP contribution is 2.54. The molecule has 1 saturated heterocycles. The van der Waals surface area contributed by atoms with E-state index in [1.54, 1.807) is 41.3 Å². The maximum absolute atomic E-state index is 13.4. The van der Waals surface area contributed by atoms with Crippen molar-refractivity contribution in [3.8, 4) is 16.9 Å². The Balaban J connectivity index is 1.35. The fourth-order valence-electron chi connectivity index (χ4n) is 5.72. The summed E-state index contributed by atoms with van der Waals surface area (Å²) in [6.45, 7) is 0.978. The maximum atomic E-state index is 13.4. The van der Waals surface area contributed by atoms with Crippen LogP contribution in [-0.2, 0) is 10.0 Å². The molecule has 0 bridgehead atoms. The Kier molecular flexibility index (Phi) is 6.16. The third-order valence-electron chi connectivity index (χ3n) is 8.42. The van der Waals surface area contributed by atoms with Gasteiger partial charge in [-0.05, 0) is 54.9 Å². The van der Waals surface area contributed by atoms with Crippen molar-refractivity contribution >= 4 is 15.7 Å². The Hall–Kier alpha value is -3.16. The maximum Gasteiger partial charge on any atom is 0.267 e. The topological polar surface area (TPSA) is 136 Å². The van der Waals surface area contributed by atoms with Gasteiger partial charge in [0.2, 0.25) is 10.0 Å². The summed E-state index contributed by atoms with van der Waals surface area (Å²) in [6.07, 6.45) is 7.06. The van der Waals surface area contributed by atoms with Crippen LogP contribution in [0.4, 0.5) is 14.5 Å². The van der Waals surface area contributed by atoms with Crippen molar-refractivity contribution in [2.75, 3.05) is 24.6 Å². The Bertz CT molecular complexity index is 1560. The Labute approximate surface area is 224 Å². The van der Waals surface area contributed by atoms with E-state index in [1.165, 1.54) is 18.9 Å². The molecule has 208 valence electrons. The molecule has 1 aromatic carbocycles. The lowest BCUT2D eigenvalue weighted by Crippen LogP contribution is -2.42. The van der Waals surface area contributed by atoms with Gasteiger partial charge in [-0.15, -0.1) is 0 Å². The molecule has 2 aromatic heterocycles. The molecule has 0 amide bonds.